The lowest BCUT2D eigenvalue weighted by Gasteiger charge is -2.22. The van der Waals surface area contributed by atoms with E-state index in [4.69, 9.17) is 4.74 Å². The van der Waals surface area contributed by atoms with Gasteiger partial charge in [-0.25, -0.2) is 14.1 Å². The quantitative estimate of drug-likeness (QED) is 0.479. The third-order valence-electron chi connectivity index (χ3n) is 5.44. The molecule has 2 amide bonds. The number of hydrogen-bond acceptors (Lipinski definition) is 6. The minimum absolute atomic E-state index is 0.0230. The summed E-state index contributed by atoms with van der Waals surface area (Å²) in [4.78, 5) is 20.1. The summed E-state index contributed by atoms with van der Waals surface area (Å²) in [5, 5.41) is 3.03. The van der Waals surface area contributed by atoms with E-state index in [1.54, 1.807) is 30.4 Å². The second-order valence-electron chi connectivity index (χ2n) is 7.40. The number of amides is 2. The first kappa shape index (κ1) is 19.4. The van der Waals surface area contributed by atoms with E-state index in [2.05, 4.69) is 32.8 Å². The van der Waals surface area contributed by atoms with E-state index < -0.39 is 0 Å². The standard InChI is InChI=1S/C22H22N4O2S2/c1-28-20-5-3-2-4-15(20)9-23-22(27)25-10-16-12-26(13-17(16)11-25)30-18-6-7-19-21(8-18)29-14-24-19/h2-8,14H,9-13H2,1H3,(H,23,27). The highest BCUT2D eigenvalue weighted by Gasteiger charge is 2.32. The van der Waals surface area contributed by atoms with Crippen LogP contribution in [-0.2, 0) is 6.54 Å². The Hall–Kier alpha value is -2.55. The third-order valence-corrected chi connectivity index (χ3v) is 7.22. The molecule has 2 aliphatic heterocycles. The molecule has 2 aromatic carbocycles. The zero-order valence-corrected chi connectivity index (χ0v) is 18.3. The van der Waals surface area contributed by atoms with E-state index >= 15 is 0 Å². The summed E-state index contributed by atoms with van der Waals surface area (Å²) in [6, 6.07) is 14.2. The number of nitrogens with zero attached hydrogens (tertiary/aromatic N) is 3. The summed E-state index contributed by atoms with van der Waals surface area (Å²) in [7, 11) is 1.65. The van der Waals surface area contributed by atoms with E-state index in [0.29, 0.717) is 19.6 Å². The molecule has 3 heterocycles. The molecule has 6 nitrogen and oxygen atoms in total. The van der Waals surface area contributed by atoms with Crippen molar-refractivity contribution in [1.29, 1.82) is 0 Å². The topological polar surface area (TPSA) is 57.7 Å². The lowest BCUT2D eigenvalue weighted by atomic mass is 10.2. The van der Waals surface area contributed by atoms with E-state index in [0.717, 1.165) is 29.9 Å². The molecule has 0 unspecified atom stereocenters. The highest BCUT2D eigenvalue weighted by molar-refractivity contribution is 7.97. The third kappa shape index (κ3) is 3.90. The zero-order chi connectivity index (χ0) is 20.5. The number of benzene rings is 2. The van der Waals surface area contributed by atoms with Crippen LogP contribution in [0.25, 0.3) is 10.2 Å². The van der Waals surface area contributed by atoms with Crippen molar-refractivity contribution >= 4 is 39.5 Å². The number of hydrogen-bond donors (Lipinski definition) is 1. The van der Waals surface area contributed by atoms with Gasteiger partial charge in [0.2, 0.25) is 0 Å². The summed E-state index contributed by atoms with van der Waals surface area (Å²) < 4.78 is 8.95. The van der Waals surface area contributed by atoms with Gasteiger partial charge in [-0.1, -0.05) is 18.2 Å². The molecule has 0 radical (unpaired) electrons. The Morgan fingerprint density at radius 3 is 2.77 bits per heavy atom. The summed E-state index contributed by atoms with van der Waals surface area (Å²) in [5.41, 5.74) is 6.66. The Morgan fingerprint density at radius 2 is 1.97 bits per heavy atom. The Labute approximate surface area is 183 Å². The number of rotatable bonds is 5. The van der Waals surface area contributed by atoms with Crippen LogP contribution in [0.15, 0.2) is 64.0 Å². The van der Waals surface area contributed by atoms with Gasteiger partial charge in [0.05, 0.1) is 22.8 Å². The van der Waals surface area contributed by atoms with Gasteiger partial charge in [-0.2, -0.15) is 0 Å². The SMILES string of the molecule is COc1ccccc1CNC(=O)N1CC2=C(CN(Sc3ccc4ncsc4c3)C2)C1. The molecule has 0 bridgehead atoms. The molecule has 0 atom stereocenters. The number of thiazole rings is 1. The molecule has 0 spiro atoms. The van der Waals surface area contributed by atoms with Crippen LogP contribution in [-0.4, -0.2) is 53.5 Å². The second kappa shape index (κ2) is 8.29. The van der Waals surface area contributed by atoms with Gasteiger partial charge in [0, 0.05) is 43.2 Å². The van der Waals surface area contributed by atoms with E-state index in [1.165, 1.54) is 20.7 Å². The number of ether oxygens (including phenoxy) is 1. The summed E-state index contributed by atoms with van der Waals surface area (Å²) in [6.45, 7) is 3.68. The maximum Gasteiger partial charge on any atom is 0.318 e. The average Bonchev–Trinajstić information content (AvgIpc) is 3.46. The minimum atomic E-state index is -0.0230. The monoisotopic (exact) mass is 438 g/mol. The second-order valence-corrected chi connectivity index (χ2v) is 9.46. The van der Waals surface area contributed by atoms with Gasteiger partial charge in [-0.15, -0.1) is 11.3 Å². The molecule has 154 valence electrons. The van der Waals surface area contributed by atoms with Crippen LogP contribution < -0.4 is 10.1 Å². The lowest BCUT2D eigenvalue weighted by molar-refractivity contribution is 0.208. The molecule has 1 N–H and O–H groups in total. The number of carbonyl (C=O) groups is 1. The van der Waals surface area contributed by atoms with Gasteiger partial charge in [0.15, 0.2) is 0 Å². The number of aromatic nitrogens is 1. The normalized spacial score (nSPS) is 16.4. The van der Waals surface area contributed by atoms with Crippen molar-refractivity contribution in [3.8, 4) is 5.75 Å². The number of carbonyl (C=O) groups excluding carboxylic acids is 1. The Morgan fingerprint density at radius 1 is 1.17 bits per heavy atom. The van der Waals surface area contributed by atoms with Crippen molar-refractivity contribution in [2.24, 2.45) is 0 Å². The van der Waals surface area contributed by atoms with Crippen molar-refractivity contribution in [1.82, 2.24) is 19.5 Å². The van der Waals surface area contributed by atoms with Gasteiger partial charge in [0.1, 0.15) is 5.75 Å². The number of nitrogens with one attached hydrogen (secondary N) is 1. The van der Waals surface area contributed by atoms with Gasteiger partial charge in [0.25, 0.3) is 0 Å². The van der Waals surface area contributed by atoms with Crippen LogP contribution in [0.1, 0.15) is 5.56 Å². The Kier molecular flexibility index (Phi) is 5.37. The summed E-state index contributed by atoms with van der Waals surface area (Å²) in [5.74, 6) is 0.795. The average molecular weight is 439 g/mol. The molecule has 0 saturated heterocycles. The van der Waals surface area contributed by atoms with Crippen LogP contribution in [0.2, 0.25) is 0 Å². The molecule has 3 aromatic rings. The first-order valence-corrected chi connectivity index (χ1v) is 11.5. The van der Waals surface area contributed by atoms with Crippen molar-refractivity contribution in [3.05, 3.63) is 64.7 Å². The molecular formula is C22H22N4O2S2. The van der Waals surface area contributed by atoms with Crippen LogP contribution >= 0.6 is 23.3 Å². The molecule has 0 fully saturated rings. The first-order valence-electron chi connectivity index (χ1n) is 9.80. The predicted octanol–water partition coefficient (Wildman–Crippen LogP) is 4.15. The first-order chi connectivity index (χ1) is 14.7. The number of para-hydroxylation sites is 1. The maximum atomic E-state index is 12.6. The van der Waals surface area contributed by atoms with Crippen molar-refractivity contribution < 1.29 is 9.53 Å². The van der Waals surface area contributed by atoms with Gasteiger partial charge in [-0.3, -0.25) is 0 Å². The molecule has 0 aliphatic carbocycles. The summed E-state index contributed by atoms with van der Waals surface area (Å²) in [6.07, 6.45) is 0. The molecular weight excluding hydrogens is 416 g/mol. The molecule has 30 heavy (non-hydrogen) atoms. The van der Waals surface area contributed by atoms with Crippen molar-refractivity contribution in [3.63, 3.8) is 0 Å². The fraction of sp³-hybridized carbons (Fsp3) is 0.273. The Bertz CT molecular complexity index is 1110. The van der Waals surface area contributed by atoms with E-state index in [1.807, 2.05) is 34.7 Å². The van der Waals surface area contributed by atoms with Crippen LogP contribution in [0.4, 0.5) is 4.79 Å². The van der Waals surface area contributed by atoms with Gasteiger partial charge < -0.3 is 15.0 Å². The largest absolute Gasteiger partial charge is 0.496 e. The van der Waals surface area contributed by atoms with Crippen LogP contribution in [0, 0.1) is 0 Å². The molecule has 2 aliphatic rings. The molecule has 8 heteroatoms. The highest BCUT2D eigenvalue weighted by Crippen LogP contribution is 2.34. The van der Waals surface area contributed by atoms with Crippen LogP contribution in [0.3, 0.4) is 0 Å². The zero-order valence-electron chi connectivity index (χ0n) is 16.6. The Balaban J connectivity index is 1.13. The van der Waals surface area contributed by atoms with E-state index in [-0.39, 0.29) is 6.03 Å². The van der Waals surface area contributed by atoms with Gasteiger partial charge >= 0.3 is 6.03 Å². The maximum absolute atomic E-state index is 12.6. The minimum Gasteiger partial charge on any atom is -0.496 e. The number of methoxy groups -OCH3 is 1. The number of urea groups is 1. The van der Waals surface area contributed by atoms with Crippen molar-refractivity contribution in [2.75, 3.05) is 33.3 Å². The smallest absolute Gasteiger partial charge is 0.318 e. The highest BCUT2D eigenvalue weighted by atomic mass is 32.2. The fourth-order valence-electron chi connectivity index (χ4n) is 3.93. The van der Waals surface area contributed by atoms with E-state index in [9.17, 15) is 4.79 Å². The lowest BCUT2D eigenvalue weighted by Crippen LogP contribution is -2.40. The number of fused-ring (bicyclic) bond motifs is 1. The molecule has 1 aromatic heterocycles. The predicted molar refractivity (Wildman–Crippen MR) is 121 cm³/mol. The van der Waals surface area contributed by atoms with Crippen LogP contribution in [0.5, 0.6) is 5.75 Å². The van der Waals surface area contributed by atoms with Gasteiger partial charge in [-0.05, 0) is 47.4 Å². The molecule has 5 rings (SSSR count). The fourth-order valence-corrected chi connectivity index (χ4v) is 5.76. The summed E-state index contributed by atoms with van der Waals surface area (Å²) >= 11 is 3.46. The van der Waals surface area contributed by atoms with Crippen molar-refractivity contribution in [2.45, 2.75) is 11.4 Å². The molecule has 0 saturated carbocycles.